The number of thioether (sulfide) groups is 1. The highest BCUT2D eigenvalue weighted by molar-refractivity contribution is 8.18. The summed E-state index contributed by atoms with van der Waals surface area (Å²) in [5.41, 5.74) is 0.682. The Labute approximate surface area is 181 Å². The molecular weight excluding hydrogens is 404 g/mol. The highest BCUT2D eigenvalue weighted by atomic mass is 32.2. The Morgan fingerprint density at radius 3 is 2.67 bits per heavy atom. The van der Waals surface area contributed by atoms with Gasteiger partial charge in [0.05, 0.1) is 18.1 Å². The van der Waals surface area contributed by atoms with E-state index in [1.54, 1.807) is 29.2 Å². The summed E-state index contributed by atoms with van der Waals surface area (Å²) < 4.78 is 11.2. The molecule has 30 heavy (non-hydrogen) atoms. The molecule has 0 unspecified atom stereocenters. The van der Waals surface area contributed by atoms with Crippen LogP contribution in [0.5, 0.6) is 11.5 Å². The van der Waals surface area contributed by atoms with Crippen molar-refractivity contribution in [3.05, 3.63) is 28.7 Å². The number of rotatable bonds is 7. The van der Waals surface area contributed by atoms with Gasteiger partial charge in [-0.05, 0) is 70.0 Å². The fourth-order valence-corrected chi connectivity index (χ4v) is 4.47. The maximum atomic E-state index is 12.8. The quantitative estimate of drug-likeness (QED) is 0.608. The van der Waals surface area contributed by atoms with Gasteiger partial charge in [0, 0.05) is 24.2 Å². The third-order valence-electron chi connectivity index (χ3n) is 5.17. The summed E-state index contributed by atoms with van der Waals surface area (Å²) in [7, 11) is 0. The van der Waals surface area contributed by atoms with Crippen LogP contribution in [0.2, 0.25) is 0 Å². The lowest BCUT2D eigenvalue weighted by molar-refractivity contribution is -0.138. The Bertz CT molecular complexity index is 854. The van der Waals surface area contributed by atoms with Gasteiger partial charge in [0.1, 0.15) is 18.0 Å². The van der Waals surface area contributed by atoms with E-state index >= 15 is 0 Å². The van der Waals surface area contributed by atoms with Crippen LogP contribution in [0.25, 0.3) is 6.08 Å². The maximum absolute atomic E-state index is 12.8. The van der Waals surface area contributed by atoms with Gasteiger partial charge < -0.3 is 14.4 Å². The van der Waals surface area contributed by atoms with E-state index in [-0.39, 0.29) is 23.4 Å². The summed E-state index contributed by atoms with van der Waals surface area (Å²) in [5.74, 6) is 0.627. The van der Waals surface area contributed by atoms with Crippen molar-refractivity contribution >= 4 is 34.9 Å². The average Bonchev–Trinajstić information content (AvgIpc) is 2.98. The number of imide groups is 1. The zero-order chi connectivity index (χ0) is 21.7. The van der Waals surface area contributed by atoms with Gasteiger partial charge in [0.15, 0.2) is 0 Å². The summed E-state index contributed by atoms with van der Waals surface area (Å²) >= 11 is 0.848. The molecule has 0 bridgehead atoms. The molecule has 0 aliphatic carbocycles. The van der Waals surface area contributed by atoms with Crippen LogP contribution >= 0.6 is 11.8 Å². The third kappa shape index (κ3) is 4.98. The SMILES string of the molecule is CCOc1ccc(/C=C2\SC(=O)N(CC(=O)N3CCCC[C@H]3C)C2=O)c(OCC)c1. The van der Waals surface area contributed by atoms with E-state index in [1.165, 1.54) is 0 Å². The van der Waals surface area contributed by atoms with Crippen LogP contribution in [-0.2, 0) is 9.59 Å². The van der Waals surface area contributed by atoms with Gasteiger partial charge in [-0.2, -0.15) is 0 Å². The van der Waals surface area contributed by atoms with E-state index in [2.05, 4.69) is 0 Å². The molecule has 2 heterocycles. The molecule has 2 aliphatic rings. The average molecular weight is 433 g/mol. The fraction of sp³-hybridized carbons (Fsp3) is 0.500. The topological polar surface area (TPSA) is 76.2 Å². The zero-order valence-electron chi connectivity index (χ0n) is 17.7. The summed E-state index contributed by atoms with van der Waals surface area (Å²) in [6.45, 7) is 7.23. The lowest BCUT2D eigenvalue weighted by Gasteiger charge is -2.34. The van der Waals surface area contributed by atoms with Gasteiger partial charge in [-0.15, -0.1) is 0 Å². The number of benzene rings is 1. The van der Waals surface area contributed by atoms with Crippen LogP contribution < -0.4 is 9.47 Å². The Hall–Kier alpha value is -2.48. The predicted octanol–water partition coefficient (Wildman–Crippen LogP) is 3.92. The molecule has 3 amide bonds. The van der Waals surface area contributed by atoms with E-state index < -0.39 is 11.1 Å². The number of carbonyl (C=O) groups is 3. The number of ether oxygens (including phenoxy) is 2. The molecule has 2 saturated heterocycles. The van der Waals surface area contributed by atoms with Gasteiger partial charge in [0.2, 0.25) is 5.91 Å². The minimum atomic E-state index is -0.445. The second-order valence-corrected chi connectivity index (χ2v) is 8.26. The van der Waals surface area contributed by atoms with Crippen molar-refractivity contribution < 1.29 is 23.9 Å². The first-order valence-corrected chi connectivity index (χ1v) is 11.2. The Morgan fingerprint density at radius 1 is 1.20 bits per heavy atom. The molecule has 0 saturated carbocycles. The number of hydrogen-bond donors (Lipinski definition) is 0. The molecule has 0 spiro atoms. The highest BCUT2D eigenvalue weighted by Crippen LogP contribution is 2.35. The monoisotopic (exact) mass is 432 g/mol. The predicted molar refractivity (Wildman–Crippen MR) is 116 cm³/mol. The van der Waals surface area contributed by atoms with Crippen LogP contribution in [0.15, 0.2) is 23.1 Å². The Balaban J connectivity index is 1.77. The number of carbonyl (C=O) groups excluding carboxylic acids is 3. The van der Waals surface area contributed by atoms with Crippen LogP contribution in [-0.4, -0.2) is 59.2 Å². The molecule has 162 valence electrons. The maximum Gasteiger partial charge on any atom is 0.294 e. The molecule has 3 rings (SSSR count). The summed E-state index contributed by atoms with van der Waals surface area (Å²) in [4.78, 5) is 41.0. The summed E-state index contributed by atoms with van der Waals surface area (Å²) in [5, 5.41) is -0.423. The van der Waals surface area contributed by atoms with Gasteiger partial charge in [-0.3, -0.25) is 19.3 Å². The minimum Gasteiger partial charge on any atom is -0.494 e. The van der Waals surface area contributed by atoms with Gasteiger partial charge in [0.25, 0.3) is 11.1 Å². The lowest BCUT2D eigenvalue weighted by Crippen LogP contribution is -2.47. The lowest BCUT2D eigenvalue weighted by atomic mass is 10.0. The van der Waals surface area contributed by atoms with E-state index in [4.69, 9.17) is 9.47 Å². The van der Waals surface area contributed by atoms with Crippen molar-refractivity contribution in [3.8, 4) is 11.5 Å². The number of nitrogens with zero attached hydrogens (tertiary/aromatic N) is 2. The molecule has 0 N–H and O–H groups in total. The molecule has 2 aliphatic heterocycles. The van der Waals surface area contributed by atoms with Crippen molar-refractivity contribution in [3.63, 3.8) is 0 Å². The molecule has 2 fully saturated rings. The second kappa shape index (κ2) is 10.0. The van der Waals surface area contributed by atoms with Crippen LogP contribution in [0.4, 0.5) is 4.79 Å². The van der Waals surface area contributed by atoms with E-state index in [0.29, 0.717) is 36.8 Å². The molecule has 0 radical (unpaired) electrons. The van der Waals surface area contributed by atoms with Crippen LogP contribution in [0.1, 0.15) is 45.6 Å². The Morgan fingerprint density at radius 2 is 1.97 bits per heavy atom. The molecular formula is C22H28N2O5S. The number of piperidine rings is 1. The van der Waals surface area contributed by atoms with Crippen LogP contribution in [0, 0.1) is 0 Å². The summed E-state index contributed by atoms with van der Waals surface area (Å²) in [6.07, 6.45) is 4.64. The Kier molecular flexibility index (Phi) is 7.42. The highest BCUT2D eigenvalue weighted by Gasteiger charge is 2.38. The van der Waals surface area contributed by atoms with Gasteiger partial charge in [-0.1, -0.05) is 0 Å². The van der Waals surface area contributed by atoms with E-state index in [1.807, 2.05) is 20.8 Å². The molecule has 1 aromatic carbocycles. The first kappa shape index (κ1) is 22.2. The molecule has 8 heteroatoms. The normalized spacial score (nSPS) is 20.8. The van der Waals surface area contributed by atoms with Crippen molar-refractivity contribution in [2.45, 2.75) is 46.1 Å². The smallest absolute Gasteiger partial charge is 0.294 e. The zero-order valence-corrected chi connectivity index (χ0v) is 18.5. The number of likely N-dealkylation sites (tertiary alicyclic amines) is 1. The second-order valence-electron chi connectivity index (χ2n) is 7.27. The number of amides is 3. The van der Waals surface area contributed by atoms with Crippen molar-refractivity contribution in [2.24, 2.45) is 0 Å². The third-order valence-corrected chi connectivity index (χ3v) is 6.08. The largest absolute Gasteiger partial charge is 0.494 e. The van der Waals surface area contributed by atoms with Crippen molar-refractivity contribution in [1.82, 2.24) is 9.80 Å². The van der Waals surface area contributed by atoms with E-state index in [9.17, 15) is 14.4 Å². The molecule has 1 atom stereocenters. The number of hydrogen-bond acceptors (Lipinski definition) is 6. The standard InChI is InChI=1S/C22H28N2O5S/c1-4-28-17-10-9-16(18(13-17)29-5-2)12-19-21(26)24(22(27)30-19)14-20(25)23-11-7-6-8-15(23)3/h9-10,12-13,15H,4-8,11,14H2,1-3H3/b19-12-/t15-/m1/s1. The summed E-state index contributed by atoms with van der Waals surface area (Å²) in [6, 6.07) is 5.50. The minimum absolute atomic E-state index is 0.138. The van der Waals surface area contributed by atoms with Crippen molar-refractivity contribution in [2.75, 3.05) is 26.3 Å². The van der Waals surface area contributed by atoms with E-state index in [0.717, 1.165) is 35.9 Å². The molecule has 7 nitrogen and oxygen atoms in total. The van der Waals surface area contributed by atoms with Gasteiger partial charge >= 0.3 is 0 Å². The molecule has 0 aromatic heterocycles. The van der Waals surface area contributed by atoms with Crippen LogP contribution in [0.3, 0.4) is 0 Å². The molecule has 1 aromatic rings. The van der Waals surface area contributed by atoms with Gasteiger partial charge in [-0.25, -0.2) is 0 Å². The first-order chi connectivity index (χ1) is 14.4. The van der Waals surface area contributed by atoms with Crippen molar-refractivity contribution in [1.29, 1.82) is 0 Å². The fourth-order valence-electron chi connectivity index (χ4n) is 3.64. The first-order valence-electron chi connectivity index (χ1n) is 10.4.